The predicted octanol–water partition coefficient (Wildman–Crippen LogP) is 4.57. The van der Waals surface area contributed by atoms with Gasteiger partial charge in [-0.25, -0.2) is 17.2 Å². The summed E-state index contributed by atoms with van der Waals surface area (Å²) >= 11 is 0. The van der Waals surface area contributed by atoms with Crippen LogP contribution in [-0.4, -0.2) is 25.3 Å². The van der Waals surface area contributed by atoms with Gasteiger partial charge in [0.2, 0.25) is 0 Å². The lowest BCUT2D eigenvalue weighted by Crippen LogP contribution is -2.33. The van der Waals surface area contributed by atoms with Crippen LogP contribution in [0.15, 0.2) is 77.7 Å². The summed E-state index contributed by atoms with van der Waals surface area (Å²) in [4.78, 5) is 14.7. The summed E-state index contributed by atoms with van der Waals surface area (Å²) in [6.07, 6.45) is 1.65. The Morgan fingerprint density at radius 3 is 2.35 bits per heavy atom. The van der Waals surface area contributed by atoms with Crippen molar-refractivity contribution >= 4 is 21.6 Å². The first-order chi connectivity index (χ1) is 14.8. The van der Waals surface area contributed by atoms with Crippen LogP contribution in [0.25, 0.3) is 0 Å². The van der Waals surface area contributed by atoms with Crippen molar-refractivity contribution in [2.75, 3.05) is 4.72 Å². The summed E-state index contributed by atoms with van der Waals surface area (Å²) in [6, 6.07) is 16.9. The molecule has 0 heterocycles. The zero-order chi connectivity index (χ0) is 22.0. The number of amides is 1. The highest BCUT2D eigenvalue weighted by atomic mass is 32.2. The molecule has 1 N–H and O–H groups in total. The zero-order valence-corrected chi connectivity index (χ0v) is 17.3. The molecule has 0 aromatic heterocycles. The number of carbonyl (C=O) groups excluding carboxylic acids is 1. The molecule has 0 radical (unpaired) electrons. The Bertz CT molecular complexity index is 1210. The monoisotopic (exact) mass is 442 g/mol. The maximum atomic E-state index is 14.1. The number of anilines is 1. The number of nitrogens with one attached hydrogen (secondary N) is 1. The Balaban J connectivity index is 1.58. The van der Waals surface area contributed by atoms with Crippen LogP contribution in [0.3, 0.4) is 0 Å². The third-order valence-corrected chi connectivity index (χ3v) is 6.41. The van der Waals surface area contributed by atoms with Gasteiger partial charge >= 0.3 is 0 Å². The maximum absolute atomic E-state index is 14.1. The quantitative estimate of drug-likeness (QED) is 0.583. The van der Waals surface area contributed by atoms with Crippen LogP contribution in [0.5, 0.6) is 0 Å². The summed E-state index contributed by atoms with van der Waals surface area (Å²) < 4.78 is 55.0. The molecular weight excluding hydrogens is 422 g/mol. The van der Waals surface area contributed by atoms with E-state index < -0.39 is 15.8 Å². The highest BCUT2D eigenvalue weighted by Gasteiger charge is 2.34. The highest BCUT2D eigenvalue weighted by molar-refractivity contribution is 7.92. The van der Waals surface area contributed by atoms with Crippen molar-refractivity contribution in [2.45, 2.75) is 30.3 Å². The summed E-state index contributed by atoms with van der Waals surface area (Å²) in [7, 11) is -3.98. The number of nitrogens with zero attached hydrogens (tertiary/aromatic N) is 1. The number of sulfonamides is 1. The van der Waals surface area contributed by atoms with Gasteiger partial charge in [-0.05, 0) is 61.4 Å². The Kier molecular flexibility index (Phi) is 5.73. The van der Waals surface area contributed by atoms with Gasteiger partial charge < -0.3 is 4.90 Å². The van der Waals surface area contributed by atoms with E-state index >= 15 is 0 Å². The number of carbonyl (C=O) groups is 1. The molecule has 0 aliphatic heterocycles. The Morgan fingerprint density at radius 2 is 1.68 bits per heavy atom. The Labute approximate surface area is 179 Å². The highest BCUT2D eigenvalue weighted by Crippen LogP contribution is 2.30. The van der Waals surface area contributed by atoms with Crippen molar-refractivity contribution in [1.82, 2.24) is 4.90 Å². The molecule has 1 amide bonds. The van der Waals surface area contributed by atoms with Crippen molar-refractivity contribution < 1.29 is 22.0 Å². The molecule has 1 aliphatic carbocycles. The van der Waals surface area contributed by atoms with Crippen LogP contribution in [0, 0.1) is 11.6 Å². The minimum atomic E-state index is -3.98. The molecule has 1 aliphatic rings. The largest absolute Gasteiger partial charge is 0.331 e. The minimum Gasteiger partial charge on any atom is -0.331 e. The molecule has 5 nitrogen and oxygen atoms in total. The molecule has 1 saturated carbocycles. The standard InChI is InChI=1S/C23H20F2N2O3S/c24-18-8-10-19(11-9-18)26-31(29,30)21-6-3-5-16(14-21)23(28)27(20-12-13-20)15-17-4-1-2-7-22(17)25/h1-11,14,20,26H,12-13,15H2. The van der Waals surface area contributed by atoms with Gasteiger partial charge in [0.15, 0.2) is 0 Å². The zero-order valence-electron chi connectivity index (χ0n) is 16.5. The third kappa shape index (κ3) is 4.91. The van der Waals surface area contributed by atoms with Gasteiger partial charge in [-0.15, -0.1) is 0 Å². The Hall–Kier alpha value is -3.26. The number of hydrogen-bond acceptors (Lipinski definition) is 3. The summed E-state index contributed by atoms with van der Waals surface area (Å²) in [6.45, 7) is 0.112. The first-order valence-electron chi connectivity index (χ1n) is 9.76. The average Bonchev–Trinajstić information content (AvgIpc) is 3.59. The van der Waals surface area contributed by atoms with Gasteiger partial charge in [0.25, 0.3) is 15.9 Å². The van der Waals surface area contributed by atoms with Crippen LogP contribution in [0.4, 0.5) is 14.5 Å². The van der Waals surface area contributed by atoms with Gasteiger partial charge in [-0.1, -0.05) is 24.3 Å². The molecule has 3 aromatic rings. The maximum Gasteiger partial charge on any atom is 0.261 e. The van der Waals surface area contributed by atoms with E-state index in [4.69, 9.17) is 0 Å². The molecular formula is C23H20F2N2O3S. The SMILES string of the molecule is O=C(c1cccc(S(=O)(=O)Nc2ccc(F)cc2)c1)N(Cc1ccccc1F)C1CC1. The summed E-state index contributed by atoms with van der Waals surface area (Å²) in [5.41, 5.74) is 0.812. The van der Waals surface area contributed by atoms with E-state index in [1.165, 1.54) is 42.5 Å². The van der Waals surface area contributed by atoms with E-state index in [1.807, 2.05) is 0 Å². The number of benzene rings is 3. The second kappa shape index (κ2) is 8.47. The summed E-state index contributed by atoms with van der Waals surface area (Å²) in [5, 5.41) is 0. The van der Waals surface area contributed by atoms with E-state index in [9.17, 15) is 22.0 Å². The van der Waals surface area contributed by atoms with Crippen LogP contribution < -0.4 is 4.72 Å². The van der Waals surface area contributed by atoms with E-state index in [0.29, 0.717) is 5.56 Å². The lowest BCUT2D eigenvalue weighted by atomic mass is 10.1. The molecule has 1 fully saturated rings. The molecule has 3 aromatic carbocycles. The lowest BCUT2D eigenvalue weighted by molar-refractivity contribution is 0.0728. The van der Waals surface area contributed by atoms with Crippen LogP contribution >= 0.6 is 0 Å². The number of halogens is 2. The van der Waals surface area contributed by atoms with E-state index in [0.717, 1.165) is 25.0 Å². The second-order valence-corrected chi connectivity index (χ2v) is 9.08. The molecule has 0 unspecified atom stereocenters. The molecule has 0 atom stereocenters. The van der Waals surface area contributed by atoms with Crippen LogP contribution in [0.1, 0.15) is 28.8 Å². The van der Waals surface area contributed by atoms with Crippen molar-refractivity contribution in [3.05, 3.63) is 95.6 Å². The first-order valence-corrected chi connectivity index (χ1v) is 11.2. The predicted molar refractivity (Wildman–Crippen MR) is 113 cm³/mol. The first kappa shape index (κ1) is 21.0. The van der Waals surface area contributed by atoms with E-state index in [-0.39, 0.29) is 40.5 Å². The normalized spacial score (nSPS) is 13.6. The van der Waals surface area contributed by atoms with Crippen LogP contribution in [-0.2, 0) is 16.6 Å². The molecule has 31 heavy (non-hydrogen) atoms. The van der Waals surface area contributed by atoms with E-state index in [2.05, 4.69) is 4.72 Å². The topological polar surface area (TPSA) is 66.5 Å². The van der Waals surface area contributed by atoms with Gasteiger partial charge in [-0.2, -0.15) is 0 Å². The second-order valence-electron chi connectivity index (χ2n) is 7.40. The lowest BCUT2D eigenvalue weighted by Gasteiger charge is -2.23. The van der Waals surface area contributed by atoms with Gasteiger partial charge in [-0.3, -0.25) is 9.52 Å². The number of rotatable bonds is 7. The fraction of sp³-hybridized carbons (Fsp3) is 0.174. The molecule has 160 valence electrons. The van der Waals surface area contributed by atoms with E-state index in [1.54, 1.807) is 23.1 Å². The molecule has 8 heteroatoms. The fourth-order valence-electron chi connectivity index (χ4n) is 3.26. The molecule has 4 rings (SSSR count). The number of hydrogen-bond donors (Lipinski definition) is 1. The molecule has 0 spiro atoms. The van der Waals surface area contributed by atoms with Crippen molar-refractivity contribution in [1.29, 1.82) is 0 Å². The fourth-order valence-corrected chi connectivity index (χ4v) is 4.36. The van der Waals surface area contributed by atoms with Crippen molar-refractivity contribution in [3.8, 4) is 0 Å². The van der Waals surface area contributed by atoms with Gasteiger partial charge in [0, 0.05) is 29.4 Å². The van der Waals surface area contributed by atoms with Crippen LogP contribution in [0.2, 0.25) is 0 Å². The third-order valence-electron chi connectivity index (χ3n) is 5.03. The van der Waals surface area contributed by atoms with Crippen molar-refractivity contribution in [3.63, 3.8) is 0 Å². The Morgan fingerprint density at radius 1 is 0.968 bits per heavy atom. The summed E-state index contributed by atoms with van der Waals surface area (Å²) in [5.74, 6) is -1.23. The smallest absolute Gasteiger partial charge is 0.261 e. The van der Waals surface area contributed by atoms with Crippen molar-refractivity contribution in [2.24, 2.45) is 0 Å². The molecule has 0 bridgehead atoms. The molecule has 0 saturated heterocycles. The average molecular weight is 442 g/mol. The van der Waals surface area contributed by atoms with Gasteiger partial charge in [0.1, 0.15) is 11.6 Å². The van der Waals surface area contributed by atoms with Gasteiger partial charge in [0.05, 0.1) is 4.90 Å². The minimum absolute atomic E-state index is 0.00436.